The molecule has 2 amide bonds. The fourth-order valence-electron chi connectivity index (χ4n) is 1.29. The normalized spacial score (nSPS) is 12.2. The van der Waals surface area contributed by atoms with Crippen LogP contribution in [0.4, 0.5) is 0 Å². The molecule has 0 aromatic rings. The van der Waals surface area contributed by atoms with Gasteiger partial charge in [0.2, 0.25) is 11.8 Å². The molecule has 0 heterocycles. The second-order valence-electron chi connectivity index (χ2n) is 5.46. The molecule has 5 heteroatoms. The van der Waals surface area contributed by atoms with Gasteiger partial charge in [0.15, 0.2) is 0 Å². The maximum Gasteiger partial charge on any atom is 0.240 e. The Morgan fingerprint density at radius 2 is 1.78 bits per heavy atom. The van der Waals surface area contributed by atoms with Crippen LogP contribution in [0.5, 0.6) is 0 Å². The summed E-state index contributed by atoms with van der Waals surface area (Å²) in [6.45, 7) is 9.51. The van der Waals surface area contributed by atoms with Crippen molar-refractivity contribution in [1.82, 2.24) is 10.7 Å². The molecule has 18 heavy (non-hydrogen) atoms. The van der Waals surface area contributed by atoms with Crippen LogP contribution in [0.25, 0.3) is 0 Å². The lowest BCUT2D eigenvalue weighted by molar-refractivity contribution is -0.122. The quantitative estimate of drug-likeness (QED) is 0.562. The van der Waals surface area contributed by atoms with E-state index >= 15 is 0 Å². The number of carbonyl (C=O) groups excluding carboxylic acids is 2. The molecule has 0 saturated heterocycles. The fraction of sp³-hybridized carbons (Fsp3) is 0.769. The molecule has 0 atom stereocenters. The zero-order chi connectivity index (χ0) is 14.2. The van der Waals surface area contributed by atoms with Crippen LogP contribution in [0.3, 0.4) is 0 Å². The van der Waals surface area contributed by atoms with Gasteiger partial charge in [0.1, 0.15) is 0 Å². The SMILES string of the molecule is CCCCC(=O)NN=C(C)CC(=O)NC(C)(C)C. The van der Waals surface area contributed by atoms with Crippen LogP contribution in [-0.2, 0) is 9.59 Å². The van der Waals surface area contributed by atoms with Gasteiger partial charge in [-0.3, -0.25) is 9.59 Å². The number of hydrazone groups is 1. The van der Waals surface area contributed by atoms with Gasteiger partial charge in [-0.2, -0.15) is 5.10 Å². The van der Waals surface area contributed by atoms with Crippen LogP contribution in [0.1, 0.15) is 60.3 Å². The number of hydrogen-bond acceptors (Lipinski definition) is 3. The maximum absolute atomic E-state index is 11.6. The Bertz CT molecular complexity index is 317. The van der Waals surface area contributed by atoms with Crippen LogP contribution in [0.15, 0.2) is 5.10 Å². The van der Waals surface area contributed by atoms with Crippen LogP contribution in [0.2, 0.25) is 0 Å². The van der Waals surface area contributed by atoms with Crippen molar-refractivity contribution in [2.75, 3.05) is 0 Å². The van der Waals surface area contributed by atoms with Gasteiger partial charge >= 0.3 is 0 Å². The third-order valence-electron chi connectivity index (χ3n) is 2.06. The topological polar surface area (TPSA) is 70.6 Å². The number of hydrogen-bond donors (Lipinski definition) is 2. The van der Waals surface area contributed by atoms with Crippen LogP contribution in [-0.4, -0.2) is 23.1 Å². The van der Waals surface area contributed by atoms with Gasteiger partial charge in [-0.05, 0) is 34.1 Å². The summed E-state index contributed by atoms with van der Waals surface area (Å²) in [5.74, 6) is -0.195. The standard InChI is InChI=1S/C13H25N3O2/c1-6-7-8-11(17)16-15-10(2)9-12(18)14-13(3,4)5/h6-9H2,1-5H3,(H,14,18)(H,16,17). The summed E-state index contributed by atoms with van der Waals surface area (Å²) in [5, 5.41) is 6.74. The van der Waals surface area contributed by atoms with E-state index in [1.165, 1.54) is 0 Å². The molecule has 0 bridgehead atoms. The number of carbonyl (C=O) groups is 2. The van der Waals surface area contributed by atoms with Crippen molar-refractivity contribution in [3.05, 3.63) is 0 Å². The highest BCUT2D eigenvalue weighted by Gasteiger charge is 2.14. The average molecular weight is 255 g/mol. The summed E-state index contributed by atoms with van der Waals surface area (Å²) in [6.07, 6.45) is 2.50. The summed E-state index contributed by atoms with van der Waals surface area (Å²) < 4.78 is 0. The van der Waals surface area contributed by atoms with Crippen LogP contribution >= 0.6 is 0 Å². The predicted molar refractivity (Wildman–Crippen MR) is 73.3 cm³/mol. The molecule has 0 saturated carbocycles. The zero-order valence-corrected chi connectivity index (χ0v) is 12.1. The summed E-state index contributed by atoms with van der Waals surface area (Å²) in [5.41, 5.74) is 2.80. The van der Waals surface area contributed by atoms with Gasteiger partial charge in [-0.15, -0.1) is 0 Å². The number of nitrogens with zero attached hydrogens (tertiary/aromatic N) is 1. The Kier molecular flexibility index (Phi) is 7.24. The number of amides is 2. The van der Waals surface area contributed by atoms with Crippen molar-refractivity contribution in [2.24, 2.45) is 5.10 Å². The second-order valence-corrected chi connectivity index (χ2v) is 5.46. The fourth-order valence-corrected chi connectivity index (χ4v) is 1.29. The molecule has 0 aromatic heterocycles. The van der Waals surface area contributed by atoms with Crippen molar-refractivity contribution in [3.63, 3.8) is 0 Å². The molecule has 0 aliphatic heterocycles. The summed E-state index contributed by atoms with van der Waals surface area (Å²) in [6, 6.07) is 0. The van der Waals surface area contributed by atoms with Gasteiger partial charge in [0.25, 0.3) is 0 Å². The monoisotopic (exact) mass is 255 g/mol. The first kappa shape index (κ1) is 16.6. The summed E-state index contributed by atoms with van der Waals surface area (Å²) in [7, 11) is 0. The minimum Gasteiger partial charge on any atom is -0.351 e. The van der Waals surface area contributed by atoms with Crippen molar-refractivity contribution in [1.29, 1.82) is 0 Å². The van der Waals surface area contributed by atoms with E-state index in [4.69, 9.17) is 0 Å². The smallest absolute Gasteiger partial charge is 0.240 e. The Hall–Kier alpha value is -1.39. The Balaban J connectivity index is 4.04. The van der Waals surface area contributed by atoms with E-state index in [0.717, 1.165) is 12.8 Å². The highest BCUT2D eigenvalue weighted by Crippen LogP contribution is 1.99. The van der Waals surface area contributed by atoms with Crippen molar-refractivity contribution < 1.29 is 9.59 Å². The predicted octanol–water partition coefficient (Wildman–Crippen LogP) is 1.97. The molecule has 0 radical (unpaired) electrons. The van der Waals surface area contributed by atoms with E-state index in [9.17, 15) is 9.59 Å². The second kappa shape index (κ2) is 7.84. The molecule has 0 aliphatic carbocycles. The van der Waals surface area contributed by atoms with E-state index in [1.807, 2.05) is 27.7 Å². The lowest BCUT2D eigenvalue weighted by Crippen LogP contribution is -2.41. The molecule has 0 aliphatic rings. The molecule has 0 fully saturated rings. The minimum atomic E-state index is -0.248. The molecule has 0 unspecified atom stereocenters. The molecule has 0 aromatic carbocycles. The Morgan fingerprint density at radius 1 is 1.17 bits per heavy atom. The van der Waals surface area contributed by atoms with Crippen molar-refractivity contribution in [3.8, 4) is 0 Å². The van der Waals surface area contributed by atoms with Gasteiger partial charge in [0, 0.05) is 17.7 Å². The molecule has 0 spiro atoms. The lowest BCUT2D eigenvalue weighted by Gasteiger charge is -2.20. The highest BCUT2D eigenvalue weighted by molar-refractivity contribution is 6.00. The van der Waals surface area contributed by atoms with E-state index in [1.54, 1.807) is 6.92 Å². The molecule has 0 rings (SSSR count). The maximum atomic E-state index is 11.6. The van der Waals surface area contributed by atoms with E-state index in [0.29, 0.717) is 12.1 Å². The molecule has 5 nitrogen and oxygen atoms in total. The third-order valence-corrected chi connectivity index (χ3v) is 2.06. The van der Waals surface area contributed by atoms with Crippen molar-refractivity contribution in [2.45, 2.75) is 65.8 Å². The Labute approximate surface area is 109 Å². The summed E-state index contributed by atoms with van der Waals surface area (Å²) in [4.78, 5) is 22.9. The minimum absolute atomic E-state index is 0.0912. The number of nitrogens with one attached hydrogen (secondary N) is 2. The van der Waals surface area contributed by atoms with Gasteiger partial charge < -0.3 is 5.32 Å². The first-order valence-corrected chi connectivity index (χ1v) is 6.37. The van der Waals surface area contributed by atoms with Crippen LogP contribution in [0, 0.1) is 0 Å². The molecule has 2 N–H and O–H groups in total. The van der Waals surface area contributed by atoms with Gasteiger partial charge in [-0.25, -0.2) is 5.43 Å². The largest absolute Gasteiger partial charge is 0.351 e. The van der Waals surface area contributed by atoms with Gasteiger partial charge in [0.05, 0.1) is 6.42 Å². The highest BCUT2D eigenvalue weighted by atomic mass is 16.2. The lowest BCUT2D eigenvalue weighted by atomic mass is 10.1. The van der Waals surface area contributed by atoms with Crippen LogP contribution < -0.4 is 10.7 Å². The van der Waals surface area contributed by atoms with Crippen molar-refractivity contribution >= 4 is 17.5 Å². The first-order chi connectivity index (χ1) is 8.24. The Morgan fingerprint density at radius 3 is 2.28 bits per heavy atom. The number of unbranched alkanes of at least 4 members (excludes halogenated alkanes) is 1. The van der Waals surface area contributed by atoms with E-state index < -0.39 is 0 Å². The zero-order valence-electron chi connectivity index (χ0n) is 12.1. The van der Waals surface area contributed by atoms with Gasteiger partial charge in [-0.1, -0.05) is 13.3 Å². The molecular weight excluding hydrogens is 230 g/mol. The molecule has 104 valence electrons. The van der Waals surface area contributed by atoms with E-state index in [-0.39, 0.29) is 23.8 Å². The summed E-state index contributed by atoms with van der Waals surface area (Å²) >= 11 is 0. The van der Waals surface area contributed by atoms with E-state index in [2.05, 4.69) is 15.8 Å². The first-order valence-electron chi connectivity index (χ1n) is 6.37. The third kappa shape index (κ3) is 9.81. The average Bonchev–Trinajstić information content (AvgIpc) is 2.20. The molecular formula is C13H25N3O2. The number of rotatable bonds is 6.